The van der Waals surface area contributed by atoms with Gasteiger partial charge < -0.3 is 5.73 Å². The highest BCUT2D eigenvalue weighted by Crippen LogP contribution is 2.22. The summed E-state index contributed by atoms with van der Waals surface area (Å²) in [6, 6.07) is 7.80. The van der Waals surface area contributed by atoms with E-state index in [9.17, 15) is 4.79 Å². The zero-order valence-corrected chi connectivity index (χ0v) is 13.9. The van der Waals surface area contributed by atoms with Crippen molar-refractivity contribution in [3.05, 3.63) is 40.6 Å². The summed E-state index contributed by atoms with van der Waals surface area (Å²) in [5.41, 5.74) is 8.69. The Labute approximate surface area is 138 Å². The number of aryl methyl sites for hydroxylation is 2. The van der Waals surface area contributed by atoms with Crippen molar-refractivity contribution in [1.29, 1.82) is 5.26 Å². The van der Waals surface area contributed by atoms with Crippen LogP contribution in [0.4, 0.5) is 0 Å². The average Bonchev–Trinajstić information content (AvgIpc) is 2.96. The summed E-state index contributed by atoms with van der Waals surface area (Å²) < 4.78 is 1.59. The quantitative estimate of drug-likeness (QED) is 0.505. The molecule has 0 aliphatic rings. The fourth-order valence-corrected chi connectivity index (χ4v) is 2.70. The minimum Gasteiger partial charge on any atom is -0.401 e. The molecule has 2 aromatic rings. The first-order valence-corrected chi connectivity index (χ1v) is 7.81. The lowest BCUT2D eigenvalue weighted by atomic mass is 10.1. The molecule has 0 atom stereocenters. The number of nitriles is 1. The molecule has 23 heavy (non-hydrogen) atoms. The first kappa shape index (κ1) is 16.7. The monoisotopic (exact) mass is 328 g/mol. The third kappa shape index (κ3) is 3.76. The highest BCUT2D eigenvalue weighted by molar-refractivity contribution is 7.99. The van der Waals surface area contributed by atoms with Gasteiger partial charge in [-0.2, -0.15) is 9.94 Å². The number of hydrogen-bond acceptors (Lipinski definition) is 7. The van der Waals surface area contributed by atoms with Gasteiger partial charge in [0, 0.05) is 5.70 Å². The molecule has 1 heterocycles. The van der Waals surface area contributed by atoms with Gasteiger partial charge in [-0.15, -0.1) is 5.10 Å². The van der Waals surface area contributed by atoms with E-state index in [0.717, 1.165) is 16.8 Å². The van der Waals surface area contributed by atoms with Gasteiger partial charge in [-0.3, -0.25) is 4.79 Å². The van der Waals surface area contributed by atoms with Crippen molar-refractivity contribution in [3.8, 4) is 11.8 Å². The Kier molecular flexibility index (Phi) is 5.13. The average molecular weight is 328 g/mol. The Morgan fingerprint density at radius 1 is 1.43 bits per heavy atom. The van der Waals surface area contributed by atoms with Gasteiger partial charge in [0.05, 0.1) is 11.4 Å². The van der Waals surface area contributed by atoms with E-state index in [0.29, 0.717) is 5.16 Å². The SMILES string of the molecule is C/C(N)=C(\C#N)C(=O)CSc1nnnn1-c1cc(C)ccc1C. The number of carbonyl (C=O) groups is 1. The Morgan fingerprint density at radius 3 is 2.83 bits per heavy atom. The van der Waals surface area contributed by atoms with E-state index in [4.69, 9.17) is 11.0 Å². The molecule has 0 unspecified atom stereocenters. The molecule has 1 aromatic carbocycles. The second kappa shape index (κ2) is 7.07. The molecule has 0 aliphatic heterocycles. The van der Waals surface area contributed by atoms with Crippen LogP contribution in [-0.2, 0) is 4.79 Å². The number of allylic oxidation sites excluding steroid dienone is 2. The van der Waals surface area contributed by atoms with E-state index < -0.39 is 0 Å². The van der Waals surface area contributed by atoms with Crippen LogP contribution in [0.25, 0.3) is 5.69 Å². The summed E-state index contributed by atoms with van der Waals surface area (Å²) in [5.74, 6) is -0.295. The molecule has 2 rings (SSSR count). The molecule has 0 spiro atoms. The Morgan fingerprint density at radius 2 is 2.17 bits per heavy atom. The molecule has 2 N–H and O–H groups in total. The first-order valence-electron chi connectivity index (χ1n) is 6.82. The number of ketones is 1. The highest BCUT2D eigenvalue weighted by atomic mass is 32.2. The van der Waals surface area contributed by atoms with Crippen LogP contribution in [0.5, 0.6) is 0 Å². The van der Waals surface area contributed by atoms with Crippen LogP contribution in [0.15, 0.2) is 34.6 Å². The minimum atomic E-state index is -0.340. The van der Waals surface area contributed by atoms with Gasteiger partial charge in [-0.05, 0) is 48.4 Å². The largest absolute Gasteiger partial charge is 0.401 e. The van der Waals surface area contributed by atoms with Gasteiger partial charge in [-0.1, -0.05) is 23.9 Å². The van der Waals surface area contributed by atoms with Gasteiger partial charge in [0.15, 0.2) is 5.78 Å². The number of carbonyl (C=O) groups excluding carboxylic acids is 1. The normalized spacial score (nSPS) is 11.7. The number of hydrogen-bond donors (Lipinski definition) is 1. The predicted molar refractivity (Wildman–Crippen MR) is 86.9 cm³/mol. The summed E-state index contributed by atoms with van der Waals surface area (Å²) in [6.07, 6.45) is 0. The van der Waals surface area contributed by atoms with Gasteiger partial charge >= 0.3 is 0 Å². The summed E-state index contributed by atoms with van der Waals surface area (Å²) in [7, 11) is 0. The lowest BCUT2D eigenvalue weighted by Gasteiger charge is -2.08. The van der Waals surface area contributed by atoms with Crippen LogP contribution in [0, 0.1) is 25.2 Å². The molecular weight excluding hydrogens is 312 g/mol. The number of aromatic nitrogens is 4. The first-order chi connectivity index (χ1) is 10.9. The zero-order chi connectivity index (χ0) is 17.0. The van der Waals surface area contributed by atoms with Gasteiger partial charge in [-0.25, -0.2) is 0 Å². The maximum absolute atomic E-state index is 12.0. The molecule has 118 valence electrons. The maximum atomic E-state index is 12.0. The third-order valence-electron chi connectivity index (χ3n) is 3.15. The summed E-state index contributed by atoms with van der Waals surface area (Å²) in [6.45, 7) is 5.48. The predicted octanol–water partition coefficient (Wildman–Crippen LogP) is 1.70. The van der Waals surface area contributed by atoms with Crippen molar-refractivity contribution in [2.75, 3.05) is 5.75 Å². The van der Waals surface area contributed by atoms with Crippen LogP contribution >= 0.6 is 11.8 Å². The molecule has 0 aliphatic carbocycles. The van der Waals surface area contributed by atoms with Crippen LogP contribution in [0.2, 0.25) is 0 Å². The zero-order valence-electron chi connectivity index (χ0n) is 13.1. The Balaban J connectivity index is 2.23. The lowest BCUT2D eigenvalue weighted by Crippen LogP contribution is -2.11. The Bertz CT molecular complexity index is 814. The number of Topliss-reactive ketones (excluding diaryl/α,β-unsaturated/α-hetero) is 1. The van der Waals surface area contributed by atoms with Crippen molar-refractivity contribution in [2.45, 2.75) is 25.9 Å². The van der Waals surface area contributed by atoms with E-state index >= 15 is 0 Å². The molecule has 0 fully saturated rings. The molecule has 1 aromatic heterocycles. The number of thioether (sulfide) groups is 1. The molecular formula is C15H16N6OS. The summed E-state index contributed by atoms with van der Waals surface area (Å²) >= 11 is 1.17. The lowest BCUT2D eigenvalue weighted by molar-refractivity contribution is -0.112. The van der Waals surface area contributed by atoms with Crippen LogP contribution < -0.4 is 5.73 Å². The van der Waals surface area contributed by atoms with Crippen molar-refractivity contribution >= 4 is 17.5 Å². The van der Waals surface area contributed by atoms with Crippen molar-refractivity contribution in [1.82, 2.24) is 20.2 Å². The summed E-state index contributed by atoms with van der Waals surface area (Å²) in [5, 5.41) is 21.1. The van der Waals surface area contributed by atoms with E-state index in [2.05, 4.69) is 15.5 Å². The van der Waals surface area contributed by atoms with E-state index in [1.54, 1.807) is 4.68 Å². The van der Waals surface area contributed by atoms with E-state index in [1.807, 2.05) is 38.1 Å². The third-order valence-corrected chi connectivity index (χ3v) is 4.07. The number of benzene rings is 1. The number of nitrogens with zero attached hydrogens (tertiary/aromatic N) is 5. The standard InChI is InChI=1S/C15H16N6OS/c1-9-4-5-10(2)13(6-9)21-15(18-19-20-21)23-8-14(22)12(7-16)11(3)17/h4-6H,8,17H2,1-3H3/b12-11-. The number of rotatable bonds is 5. The van der Waals surface area contributed by atoms with Crippen LogP contribution in [0.1, 0.15) is 18.1 Å². The van der Waals surface area contributed by atoms with E-state index in [1.165, 1.54) is 18.7 Å². The molecule has 0 radical (unpaired) electrons. The van der Waals surface area contributed by atoms with Crippen LogP contribution in [-0.4, -0.2) is 31.7 Å². The van der Waals surface area contributed by atoms with Gasteiger partial charge in [0.2, 0.25) is 5.16 Å². The minimum absolute atomic E-state index is 0.0248. The molecule has 7 nitrogen and oxygen atoms in total. The topological polar surface area (TPSA) is 110 Å². The molecule has 0 bridgehead atoms. The fourth-order valence-electron chi connectivity index (χ4n) is 1.94. The van der Waals surface area contributed by atoms with E-state index in [-0.39, 0.29) is 22.8 Å². The molecule has 0 saturated heterocycles. The van der Waals surface area contributed by atoms with Gasteiger partial charge in [0.1, 0.15) is 11.6 Å². The second-order valence-electron chi connectivity index (χ2n) is 5.04. The van der Waals surface area contributed by atoms with Crippen molar-refractivity contribution in [3.63, 3.8) is 0 Å². The van der Waals surface area contributed by atoms with Crippen molar-refractivity contribution < 1.29 is 4.79 Å². The number of tetrazole rings is 1. The smallest absolute Gasteiger partial charge is 0.214 e. The molecule has 0 saturated carbocycles. The maximum Gasteiger partial charge on any atom is 0.214 e. The van der Waals surface area contributed by atoms with Crippen LogP contribution in [0.3, 0.4) is 0 Å². The molecule has 8 heteroatoms. The number of nitrogens with two attached hydrogens (primary N) is 1. The Hall–Kier alpha value is -2.66. The van der Waals surface area contributed by atoms with Gasteiger partial charge in [0.25, 0.3) is 0 Å². The fraction of sp³-hybridized carbons (Fsp3) is 0.267. The molecule has 0 amide bonds. The van der Waals surface area contributed by atoms with Crippen molar-refractivity contribution in [2.24, 2.45) is 5.73 Å². The summed E-state index contributed by atoms with van der Waals surface area (Å²) in [4.78, 5) is 12.0. The highest BCUT2D eigenvalue weighted by Gasteiger charge is 2.16. The second-order valence-corrected chi connectivity index (χ2v) is 5.99.